The molecule has 0 saturated carbocycles. The molecular formula is C21H26N4O3. The lowest BCUT2D eigenvalue weighted by Gasteiger charge is -2.27. The molecular weight excluding hydrogens is 356 g/mol. The number of para-hydroxylation sites is 1. The zero-order valence-electron chi connectivity index (χ0n) is 16.3. The summed E-state index contributed by atoms with van der Waals surface area (Å²) < 4.78 is 7.32. The molecule has 3 heterocycles. The van der Waals surface area contributed by atoms with Crippen molar-refractivity contribution in [1.29, 1.82) is 0 Å². The third kappa shape index (κ3) is 3.42. The van der Waals surface area contributed by atoms with Gasteiger partial charge in [-0.25, -0.2) is 4.98 Å². The number of nitrogens with zero attached hydrogens (tertiary/aromatic N) is 4. The van der Waals surface area contributed by atoms with E-state index in [0.29, 0.717) is 44.4 Å². The fourth-order valence-electron chi connectivity index (χ4n) is 3.96. The Morgan fingerprint density at radius 3 is 2.57 bits per heavy atom. The maximum Gasteiger partial charge on any atom is 0.290 e. The van der Waals surface area contributed by atoms with Crippen LogP contribution in [-0.4, -0.2) is 59.1 Å². The van der Waals surface area contributed by atoms with Crippen molar-refractivity contribution in [3.8, 4) is 0 Å². The summed E-state index contributed by atoms with van der Waals surface area (Å²) in [6, 6.07) is 9.61. The van der Waals surface area contributed by atoms with Gasteiger partial charge in [0.1, 0.15) is 0 Å². The lowest BCUT2D eigenvalue weighted by molar-refractivity contribution is 0.0291. The molecule has 0 spiro atoms. The summed E-state index contributed by atoms with van der Waals surface area (Å²) in [6.07, 6.45) is 2.78. The summed E-state index contributed by atoms with van der Waals surface area (Å²) in [7, 11) is 0. The van der Waals surface area contributed by atoms with Crippen molar-refractivity contribution in [2.24, 2.45) is 0 Å². The predicted octanol–water partition coefficient (Wildman–Crippen LogP) is 2.36. The Balaban J connectivity index is 1.70. The van der Waals surface area contributed by atoms with Gasteiger partial charge >= 0.3 is 0 Å². The summed E-state index contributed by atoms with van der Waals surface area (Å²) >= 11 is 0. The van der Waals surface area contributed by atoms with Crippen LogP contribution < -0.4 is 4.90 Å². The SMILES string of the molecule is CCN(C(=O)c1nc(C(=O)N2CCOCC2)n2c1CCCC2)c1ccccc1. The van der Waals surface area contributed by atoms with E-state index >= 15 is 0 Å². The summed E-state index contributed by atoms with van der Waals surface area (Å²) in [5.74, 6) is 0.151. The highest BCUT2D eigenvalue weighted by molar-refractivity contribution is 6.06. The van der Waals surface area contributed by atoms with Gasteiger partial charge in [-0.15, -0.1) is 0 Å². The molecule has 0 unspecified atom stereocenters. The largest absolute Gasteiger partial charge is 0.378 e. The molecule has 7 heteroatoms. The van der Waals surface area contributed by atoms with E-state index in [1.165, 1.54) is 0 Å². The van der Waals surface area contributed by atoms with Crippen LogP contribution in [0.4, 0.5) is 5.69 Å². The highest BCUT2D eigenvalue weighted by Gasteiger charge is 2.32. The first kappa shape index (κ1) is 18.7. The Labute approximate surface area is 164 Å². The molecule has 1 aromatic carbocycles. The van der Waals surface area contributed by atoms with Crippen molar-refractivity contribution in [2.45, 2.75) is 32.7 Å². The fraction of sp³-hybridized carbons (Fsp3) is 0.476. The van der Waals surface area contributed by atoms with Gasteiger partial charge in [0.2, 0.25) is 0 Å². The molecule has 0 aliphatic carbocycles. The summed E-state index contributed by atoms with van der Waals surface area (Å²) in [4.78, 5) is 34.5. The van der Waals surface area contributed by atoms with Crippen LogP contribution in [0.15, 0.2) is 30.3 Å². The van der Waals surface area contributed by atoms with E-state index < -0.39 is 0 Å². The van der Waals surface area contributed by atoms with Crippen LogP contribution in [0.5, 0.6) is 0 Å². The molecule has 1 fully saturated rings. The average Bonchev–Trinajstić information content (AvgIpc) is 3.15. The van der Waals surface area contributed by atoms with Gasteiger partial charge in [0, 0.05) is 31.9 Å². The van der Waals surface area contributed by atoms with Crippen molar-refractivity contribution >= 4 is 17.5 Å². The number of fused-ring (bicyclic) bond motifs is 1. The number of carbonyl (C=O) groups is 2. The highest BCUT2D eigenvalue weighted by atomic mass is 16.5. The quantitative estimate of drug-likeness (QED) is 0.814. The topological polar surface area (TPSA) is 67.7 Å². The molecule has 1 saturated heterocycles. The van der Waals surface area contributed by atoms with Crippen LogP contribution >= 0.6 is 0 Å². The second kappa shape index (κ2) is 8.14. The van der Waals surface area contributed by atoms with Crippen molar-refractivity contribution in [2.75, 3.05) is 37.7 Å². The van der Waals surface area contributed by atoms with E-state index in [9.17, 15) is 9.59 Å². The summed E-state index contributed by atoms with van der Waals surface area (Å²) in [5.41, 5.74) is 2.15. The molecule has 28 heavy (non-hydrogen) atoms. The number of amides is 2. The van der Waals surface area contributed by atoms with E-state index in [2.05, 4.69) is 4.98 Å². The number of morpholine rings is 1. The Morgan fingerprint density at radius 2 is 1.86 bits per heavy atom. The third-order valence-corrected chi connectivity index (χ3v) is 5.44. The maximum absolute atomic E-state index is 13.4. The zero-order valence-corrected chi connectivity index (χ0v) is 16.3. The first-order valence-electron chi connectivity index (χ1n) is 10.0. The van der Waals surface area contributed by atoms with Crippen LogP contribution in [0.1, 0.15) is 46.6 Å². The number of rotatable bonds is 4. The Hall–Kier alpha value is -2.67. The fourth-order valence-corrected chi connectivity index (χ4v) is 3.96. The average molecular weight is 382 g/mol. The summed E-state index contributed by atoms with van der Waals surface area (Å²) in [6.45, 7) is 5.45. The minimum Gasteiger partial charge on any atom is -0.378 e. The lowest BCUT2D eigenvalue weighted by atomic mass is 10.1. The summed E-state index contributed by atoms with van der Waals surface area (Å²) in [5, 5.41) is 0. The van der Waals surface area contributed by atoms with Crippen LogP contribution in [-0.2, 0) is 17.7 Å². The standard InChI is InChI=1S/C21H26N4O3/c1-2-24(16-8-4-3-5-9-16)20(26)18-17-10-6-7-11-25(17)19(22-18)21(27)23-12-14-28-15-13-23/h3-5,8-9H,2,6-7,10-15H2,1H3. The predicted molar refractivity (Wildman–Crippen MR) is 106 cm³/mol. The first-order chi connectivity index (χ1) is 13.7. The van der Waals surface area contributed by atoms with Crippen molar-refractivity contribution in [3.05, 3.63) is 47.5 Å². The van der Waals surface area contributed by atoms with Crippen molar-refractivity contribution in [3.63, 3.8) is 0 Å². The molecule has 0 bridgehead atoms. The molecule has 0 N–H and O–H groups in total. The zero-order chi connectivity index (χ0) is 19.5. The van der Waals surface area contributed by atoms with E-state index in [1.807, 2.05) is 41.8 Å². The van der Waals surface area contributed by atoms with Gasteiger partial charge in [0.25, 0.3) is 11.8 Å². The molecule has 2 amide bonds. The number of aromatic nitrogens is 2. The van der Waals surface area contributed by atoms with E-state index in [4.69, 9.17) is 4.74 Å². The first-order valence-corrected chi connectivity index (χ1v) is 10.0. The van der Waals surface area contributed by atoms with Gasteiger partial charge in [-0.1, -0.05) is 18.2 Å². The third-order valence-electron chi connectivity index (χ3n) is 5.44. The van der Waals surface area contributed by atoms with E-state index in [-0.39, 0.29) is 11.8 Å². The van der Waals surface area contributed by atoms with Gasteiger partial charge in [-0.3, -0.25) is 9.59 Å². The normalized spacial score (nSPS) is 16.5. The van der Waals surface area contributed by atoms with Crippen LogP contribution in [0.25, 0.3) is 0 Å². The Bertz CT molecular complexity index is 856. The highest BCUT2D eigenvalue weighted by Crippen LogP contribution is 2.25. The minimum absolute atomic E-state index is 0.103. The number of hydrogen-bond acceptors (Lipinski definition) is 4. The van der Waals surface area contributed by atoms with Gasteiger partial charge in [-0.2, -0.15) is 0 Å². The second-order valence-corrected chi connectivity index (χ2v) is 7.13. The molecule has 0 radical (unpaired) electrons. The molecule has 2 aliphatic heterocycles. The number of hydrogen-bond donors (Lipinski definition) is 0. The smallest absolute Gasteiger partial charge is 0.290 e. The molecule has 1 aromatic heterocycles. The van der Waals surface area contributed by atoms with E-state index in [1.54, 1.807) is 9.80 Å². The van der Waals surface area contributed by atoms with Gasteiger partial charge < -0.3 is 19.1 Å². The monoisotopic (exact) mass is 382 g/mol. The molecule has 0 atom stereocenters. The van der Waals surface area contributed by atoms with Crippen LogP contribution in [0.2, 0.25) is 0 Å². The number of carbonyl (C=O) groups excluding carboxylic acids is 2. The molecule has 7 nitrogen and oxygen atoms in total. The Kier molecular flexibility index (Phi) is 5.43. The van der Waals surface area contributed by atoms with Gasteiger partial charge in [0.05, 0.1) is 18.9 Å². The number of imidazole rings is 1. The Morgan fingerprint density at radius 1 is 1.11 bits per heavy atom. The molecule has 4 rings (SSSR count). The number of anilines is 1. The minimum atomic E-state index is -0.139. The maximum atomic E-state index is 13.4. The molecule has 2 aliphatic rings. The van der Waals surface area contributed by atoms with Gasteiger partial charge in [-0.05, 0) is 38.3 Å². The molecule has 2 aromatic rings. The van der Waals surface area contributed by atoms with Gasteiger partial charge in [0.15, 0.2) is 11.5 Å². The van der Waals surface area contributed by atoms with Crippen molar-refractivity contribution in [1.82, 2.24) is 14.5 Å². The van der Waals surface area contributed by atoms with Crippen LogP contribution in [0, 0.1) is 0 Å². The van der Waals surface area contributed by atoms with Crippen LogP contribution in [0.3, 0.4) is 0 Å². The van der Waals surface area contributed by atoms with E-state index in [0.717, 1.165) is 37.2 Å². The number of ether oxygens (including phenoxy) is 1. The molecule has 148 valence electrons. The number of benzene rings is 1. The second-order valence-electron chi connectivity index (χ2n) is 7.13. The lowest BCUT2D eigenvalue weighted by Crippen LogP contribution is -2.42. The van der Waals surface area contributed by atoms with Crippen molar-refractivity contribution < 1.29 is 14.3 Å².